The van der Waals surface area contributed by atoms with E-state index in [2.05, 4.69) is 37.7 Å². The number of rotatable bonds is 4. The van der Waals surface area contributed by atoms with E-state index < -0.39 is 8.07 Å². The number of hydrogen-bond donors (Lipinski definition) is 0. The highest BCUT2D eigenvalue weighted by atomic mass is 28.3. The lowest BCUT2D eigenvalue weighted by Crippen LogP contribution is -2.16. The minimum Gasteiger partial charge on any atom is -0.132 e. The van der Waals surface area contributed by atoms with Crippen molar-refractivity contribution < 1.29 is 0 Å². The molecule has 0 aliphatic heterocycles. The maximum atomic E-state index is 3.69. The summed E-state index contributed by atoms with van der Waals surface area (Å²) >= 11 is 0. The molecule has 0 aromatic heterocycles. The van der Waals surface area contributed by atoms with Gasteiger partial charge in [0.2, 0.25) is 0 Å². The van der Waals surface area contributed by atoms with Crippen molar-refractivity contribution in [3.05, 3.63) is 12.7 Å². The fraction of sp³-hybridized carbons (Fsp3) is 0.636. The molecule has 68 valence electrons. The van der Waals surface area contributed by atoms with Gasteiger partial charge in [0.05, 0.1) is 0 Å². The van der Waals surface area contributed by atoms with E-state index in [0.29, 0.717) is 0 Å². The quantitative estimate of drug-likeness (QED) is 0.268. The monoisotopic (exact) mass is 180 g/mol. The van der Waals surface area contributed by atoms with Crippen LogP contribution in [0.5, 0.6) is 0 Å². The van der Waals surface area contributed by atoms with Gasteiger partial charge in [0, 0.05) is 6.42 Å². The molecular weight excluding hydrogens is 160 g/mol. The van der Waals surface area contributed by atoms with Gasteiger partial charge in [0.1, 0.15) is 8.07 Å². The maximum absolute atomic E-state index is 3.69. The number of allylic oxidation sites excluding steroid dienone is 1. The van der Waals surface area contributed by atoms with E-state index >= 15 is 0 Å². The average molecular weight is 180 g/mol. The third-order valence-electron chi connectivity index (χ3n) is 1.42. The molecule has 1 heteroatoms. The number of hydrogen-bond acceptors (Lipinski definition) is 0. The largest absolute Gasteiger partial charge is 0.132 e. The zero-order valence-electron chi connectivity index (χ0n) is 8.61. The molecule has 0 bridgehead atoms. The summed E-state index contributed by atoms with van der Waals surface area (Å²) in [6.45, 7) is 10.5. The van der Waals surface area contributed by atoms with Crippen molar-refractivity contribution >= 4 is 8.07 Å². The second kappa shape index (κ2) is 6.08. The molecule has 0 rings (SSSR count). The Hall–Kier alpha value is -0.483. The van der Waals surface area contributed by atoms with Crippen LogP contribution in [0.3, 0.4) is 0 Å². The van der Waals surface area contributed by atoms with Gasteiger partial charge in [0.15, 0.2) is 0 Å². The molecule has 0 unspecified atom stereocenters. The molecule has 0 radical (unpaired) electrons. The van der Waals surface area contributed by atoms with Crippen LogP contribution in [0.1, 0.15) is 25.7 Å². The third-order valence-corrected chi connectivity index (χ3v) is 2.35. The van der Waals surface area contributed by atoms with Crippen LogP contribution in [0.25, 0.3) is 0 Å². The standard InChI is InChI=1S/C11H20Si/c1-5-6-7-8-9-10-11-12(2,3)4/h5H,1,6-9H2,2-4H3. The molecular formula is C11H20Si. The van der Waals surface area contributed by atoms with Gasteiger partial charge in [-0.2, -0.15) is 0 Å². The Bertz CT molecular complexity index is 175. The molecule has 0 aromatic carbocycles. The second-order valence-corrected chi connectivity index (χ2v) is 8.84. The molecule has 0 aliphatic carbocycles. The zero-order chi connectivity index (χ0) is 9.45. The first-order valence-electron chi connectivity index (χ1n) is 4.67. The minimum absolute atomic E-state index is 1.07. The normalized spacial score (nSPS) is 10.2. The Balaban J connectivity index is 3.40. The summed E-state index contributed by atoms with van der Waals surface area (Å²) in [5.41, 5.74) is 3.36. The Morgan fingerprint density at radius 3 is 2.42 bits per heavy atom. The van der Waals surface area contributed by atoms with Crippen molar-refractivity contribution in [2.75, 3.05) is 0 Å². The van der Waals surface area contributed by atoms with Gasteiger partial charge >= 0.3 is 0 Å². The van der Waals surface area contributed by atoms with Crippen LogP contribution >= 0.6 is 0 Å². The van der Waals surface area contributed by atoms with E-state index in [9.17, 15) is 0 Å². The topological polar surface area (TPSA) is 0 Å². The summed E-state index contributed by atoms with van der Waals surface area (Å²) in [6.07, 6.45) is 6.64. The van der Waals surface area contributed by atoms with Gasteiger partial charge in [-0.25, -0.2) is 0 Å². The van der Waals surface area contributed by atoms with E-state index in [0.717, 1.165) is 12.8 Å². The van der Waals surface area contributed by atoms with Crippen molar-refractivity contribution in [3.8, 4) is 11.5 Å². The van der Waals surface area contributed by atoms with Crippen molar-refractivity contribution in [2.24, 2.45) is 0 Å². The first-order valence-corrected chi connectivity index (χ1v) is 8.17. The molecule has 0 aliphatic rings. The lowest BCUT2D eigenvalue weighted by Gasteiger charge is -2.02. The molecule has 0 aromatic rings. The molecule has 0 fully saturated rings. The summed E-state index contributed by atoms with van der Waals surface area (Å²) in [5.74, 6) is 3.26. The van der Waals surface area contributed by atoms with Gasteiger partial charge < -0.3 is 0 Å². The van der Waals surface area contributed by atoms with Gasteiger partial charge in [-0.05, 0) is 19.3 Å². The lowest BCUT2D eigenvalue weighted by molar-refractivity contribution is 0.773. The highest BCUT2D eigenvalue weighted by Gasteiger charge is 2.06. The van der Waals surface area contributed by atoms with Crippen LogP contribution in [0.15, 0.2) is 12.7 Å². The number of unbranched alkanes of at least 4 members (excludes halogenated alkanes) is 3. The van der Waals surface area contributed by atoms with Gasteiger partial charge in [0.25, 0.3) is 0 Å². The molecule has 0 spiro atoms. The lowest BCUT2D eigenvalue weighted by atomic mass is 10.2. The second-order valence-electron chi connectivity index (χ2n) is 4.09. The maximum Gasteiger partial charge on any atom is 0.129 e. The van der Waals surface area contributed by atoms with Crippen LogP contribution < -0.4 is 0 Å². The Morgan fingerprint density at radius 1 is 1.25 bits per heavy atom. The first kappa shape index (κ1) is 11.5. The summed E-state index contributed by atoms with van der Waals surface area (Å²) in [4.78, 5) is 0. The summed E-state index contributed by atoms with van der Waals surface area (Å²) in [6, 6.07) is 0. The minimum atomic E-state index is -1.11. The average Bonchev–Trinajstić information content (AvgIpc) is 1.94. The molecule has 0 saturated heterocycles. The van der Waals surface area contributed by atoms with Gasteiger partial charge in [-0.3, -0.25) is 0 Å². The molecule has 0 saturated carbocycles. The predicted molar refractivity (Wildman–Crippen MR) is 59.8 cm³/mol. The van der Waals surface area contributed by atoms with Gasteiger partial charge in [-0.1, -0.05) is 25.7 Å². The Morgan fingerprint density at radius 2 is 1.92 bits per heavy atom. The molecule has 12 heavy (non-hydrogen) atoms. The summed E-state index contributed by atoms with van der Waals surface area (Å²) in [5, 5.41) is 0. The summed E-state index contributed by atoms with van der Waals surface area (Å²) < 4.78 is 0. The highest BCUT2D eigenvalue weighted by Crippen LogP contribution is 2.00. The fourth-order valence-electron chi connectivity index (χ4n) is 0.830. The van der Waals surface area contributed by atoms with Gasteiger partial charge in [-0.15, -0.1) is 18.0 Å². The highest BCUT2D eigenvalue weighted by molar-refractivity contribution is 6.83. The van der Waals surface area contributed by atoms with Crippen molar-refractivity contribution in [2.45, 2.75) is 45.3 Å². The van der Waals surface area contributed by atoms with E-state index in [1.165, 1.54) is 12.8 Å². The van der Waals surface area contributed by atoms with Crippen molar-refractivity contribution in [1.29, 1.82) is 0 Å². The molecule has 0 nitrogen and oxygen atoms in total. The Kier molecular flexibility index (Phi) is 5.83. The SMILES string of the molecule is C=CCCCCC#C[Si](C)(C)C. The van der Waals surface area contributed by atoms with E-state index in [-0.39, 0.29) is 0 Å². The van der Waals surface area contributed by atoms with Crippen molar-refractivity contribution in [1.82, 2.24) is 0 Å². The third kappa shape index (κ3) is 9.52. The van der Waals surface area contributed by atoms with Crippen LogP contribution in [0.2, 0.25) is 19.6 Å². The first-order chi connectivity index (χ1) is 5.56. The molecule has 0 heterocycles. The van der Waals surface area contributed by atoms with Crippen LogP contribution in [0.4, 0.5) is 0 Å². The van der Waals surface area contributed by atoms with E-state index in [1.807, 2.05) is 6.08 Å². The van der Waals surface area contributed by atoms with Crippen LogP contribution in [-0.2, 0) is 0 Å². The predicted octanol–water partition coefficient (Wildman–Crippen LogP) is 3.61. The molecule has 0 atom stereocenters. The Labute approximate surface area is 78.1 Å². The van der Waals surface area contributed by atoms with Crippen molar-refractivity contribution in [3.63, 3.8) is 0 Å². The fourth-order valence-corrected chi connectivity index (χ4v) is 1.49. The molecule has 0 N–H and O–H groups in total. The van der Waals surface area contributed by atoms with Crippen LogP contribution in [-0.4, -0.2) is 8.07 Å². The smallest absolute Gasteiger partial charge is 0.129 e. The van der Waals surface area contributed by atoms with E-state index in [4.69, 9.17) is 0 Å². The zero-order valence-corrected chi connectivity index (χ0v) is 9.61. The summed E-state index contributed by atoms with van der Waals surface area (Å²) in [7, 11) is -1.11. The molecule has 0 amide bonds. The van der Waals surface area contributed by atoms with Crippen LogP contribution in [0, 0.1) is 11.5 Å². The van der Waals surface area contributed by atoms with E-state index in [1.54, 1.807) is 0 Å².